The van der Waals surface area contributed by atoms with E-state index in [1.54, 1.807) is 7.11 Å². The smallest absolute Gasteiger partial charge is 0.192 e. The van der Waals surface area contributed by atoms with Gasteiger partial charge in [-0.1, -0.05) is 32.9 Å². The van der Waals surface area contributed by atoms with Crippen molar-refractivity contribution in [2.45, 2.75) is 77.2 Å². The average Bonchev–Trinajstić information content (AvgIpc) is 3.20. The van der Waals surface area contributed by atoms with Gasteiger partial charge in [0.1, 0.15) is 5.75 Å². The highest BCUT2D eigenvalue weighted by Gasteiger charge is 2.39. The van der Waals surface area contributed by atoms with Crippen LogP contribution in [0.2, 0.25) is 18.1 Å². The van der Waals surface area contributed by atoms with E-state index in [1.165, 1.54) is 0 Å². The lowest BCUT2D eigenvalue weighted by atomic mass is 10.2. The van der Waals surface area contributed by atoms with Crippen LogP contribution in [-0.2, 0) is 25.2 Å². The number of hydrogen-bond acceptors (Lipinski definition) is 5. The van der Waals surface area contributed by atoms with Crippen LogP contribution in [-0.4, -0.2) is 47.6 Å². The van der Waals surface area contributed by atoms with Crippen LogP contribution in [0, 0.1) is 11.8 Å². The zero-order valence-corrected chi connectivity index (χ0v) is 20.5. The van der Waals surface area contributed by atoms with E-state index in [2.05, 4.69) is 45.7 Å². The molecule has 6 heteroatoms. The quantitative estimate of drug-likeness (QED) is 0.376. The second kappa shape index (κ2) is 11.9. The molecule has 5 nitrogen and oxygen atoms in total. The van der Waals surface area contributed by atoms with Gasteiger partial charge in [-0.05, 0) is 35.8 Å². The van der Waals surface area contributed by atoms with Gasteiger partial charge in [0.05, 0.1) is 39.6 Å². The zero-order valence-electron chi connectivity index (χ0n) is 19.5. The van der Waals surface area contributed by atoms with E-state index in [-0.39, 0.29) is 17.4 Å². The van der Waals surface area contributed by atoms with Crippen molar-refractivity contribution in [1.29, 1.82) is 0 Å². The summed E-state index contributed by atoms with van der Waals surface area (Å²) in [6, 6.07) is 7.95. The summed E-state index contributed by atoms with van der Waals surface area (Å²) in [5.74, 6) is 7.38. The Hall–Kier alpha value is -1.36. The Morgan fingerprint density at radius 2 is 1.77 bits per heavy atom. The van der Waals surface area contributed by atoms with E-state index in [0.29, 0.717) is 32.8 Å². The topological polar surface area (TPSA) is 46.2 Å². The molecule has 2 rings (SSSR count). The molecule has 0 bridgehead atoms. The first-order valence-electron chi connectivity index (χ1n) is 10.8. The van der Waals surface area contributed by atoms with Gasteiger partial charge >= 0.3 is 0 Å². The Balaban J connectivity index is 1.87. The Kier molecular flexibility index (Phi) is 9.86. The third kappa shape index (κ3) is 8.41. The minimum atomic E-state index is -1.90. The number of ether oxygens (including phenoxy) is 4. The van der Waals surface area contributed by atoms with Crippen molar-refractivity contribution in [3.8, 4) is 17.6 Å². The number of hydrogen-bond donors (Lipinski definition) is 0. The maximum absolute atomic E-state index is 6.60. The van der Waals surface area contributed by atoms with E-state index in [9.17, 15) is 0 Å². The third-order valence-corrected chi connectivity index (χ3v) is 10.2. The lowest BCUT2D eigenvalue weighted by molar-refractivity contribution is -0.0454. The summed E-state index contributed by atoms with van der Waals surface area (Å²) < 4.78 is 28.7. The molecule has 0 saturated carbocycles. The molecular weight excluding hydrogens is 396 g/mol. The Labute approximate surface area is 183 Å². The third-order valence-electron chi connectivity index (χ3n) is 5.65. The van der Waals surface area contributed by atoms with Gasteiger partial charge in [-0.3, -0.25) is 0 Å². The summed E-state index contributed by atoms with van der Waals surface area (Å²) >= 11 is 0. The lowest BCUT2D eigenvalue weighted by Crippen LogP contribution is -2.45. The van der Waals surface area contributed by atoms with Crippen molar-refractivity contribution < 1.29 is 23.4 Å². The highest BCUT2D eigenvalue weighted by Crippen LogP contribution is 2.37. The number of rotatable bonds is 10. The normalized spacial score (nSPS) is 16.2. The van der Waals surface area contributed by atoms with Crippen LogP contribution in [0.1, 0.15) is 45.6 Å². The monoisotopic (exact) mass is 434 g/mol. The molecule has 1 aliphatic rings. The summed E-state index contributed by atoms with van der Waals surface area (Å²) in [6.45, 7) is 13.7. The first-order valence-corrected chi connectivity index (χ1v) is 13.7. The molecular formula is C24H38O5Si. The molecule has 0 amide bonds. The fourth-order valence-electron chi connectivity index (χ4n) is 2.80. The summed E-state index contributed by atoms with van der Waals surface area (Å²) in [5, 5.41) is 0.145. The van der Waals surface area contributed by atoms with Crippen molar-refractivity contribution in [1.82, 2.24) is 0 Å². The largest absolute Gasteiger partial charge is 0.497 e. The molecule has 1 fully saturated rings. The highest BCUT2D eigenvalue weighted by molar-refractivity contribution is 6.74. The van der Waals surface area contributed by atoms with Crippen LogP contribution < -0.4 is 4.74 Å². The highest BCUT2D eigenvalue weighted by atomic mass is 28.4. The van der Waals surface area contributed by atoms with Gasteiger partial charge in [0.15, 0.2) is 14.6 Å². The van der Waals surface area contributed by atoms with Crippen LogP contribution in [0.3, 0.4) is 0 Å². The summed E-state index contributed by atoms with van der Waals surface area (Å²) in [7, 11) is -0.234. The molecule has 1 atom stereocenters. The Bertz CT molecular complexity index is 678. The second-order valence-electron chi connectivity index (χ2n) is 9.13. The molecule has 1 saturated heterocycles. The molecule has 0 unspecified atom stereocenters. The van der Waals surface area contributed by atoms with Crippen LogP contribution in [0.25, 0.3) is 0 Å². The zero-order chi connectivity index (χ0) is 22.0. The van der Waals surface area contributed by atoms with Crippen molar-refractivity contribution in [3.63, 3.8) is 0 Å². The molecule has 0 radical (unpaired) electrons. The van der Waals surface area contributed by atoms with Crippen LogP contribution >= 0.6 is 0 Å². The Morgan fingerprint density at radius 1 is 1.10 bits per heavy atom. The maximum Gasteiger partial charge on any atom is 0.192 e. The molecule has 0 aliphatic carbocycles. The predicted molar refractivity (Wildman–Crippen MR) is 122 cm³/mol. The minimum Gasteiger partial charge on any atom is -0.497 e. The molecule has 1 aromatic rings. The van der Waals surface area contributed by atoms with E-state index < -0.39 is 8.32 Å². The fraction of sp³-hybridized carbons (Fsp3) is 0.667. The molecule has 1 aliphatic heterocycles. The van der Waals surface area contributed by atoms with Crippen LogP contribution in [0.15, 0.2) is 24.3 Å². The second-order valence-corrected chi connectivity index (χ2v) is 13.9. The summed E-state index contributed by atoms with van der Waals surface area (Å²) in [5.41, 5.74) is 1.12. The van der Waals surface area contributed by atoms with Crippen molar-refractivity contribution in [3.05, 3.63) is 29.8 Å². The number of methoxy groups -OCH3 is 1. The van der Waals surface area contributed by atoms with Crippen molar-refractivity contribution >= 4 is 8.32 Å². The first-order chi connectivity index (χ1) is 14.2. The predicted octanol–water partition coefficient (Wildman–Crippen LogP) is 5.15. The summed E-state index contributed by atoms with van der Waals surface area (Å²) in [4.78, 5) is 0. The van der Waals surface area contributed by atoms with Crippen LogP contribution in [0.5, 0.6) is 5.75 Å². The van der Waals surface area contributed by atoms with Gasteiger partial charge in [-0.2, -0.15) is 0 Å². The standard InChI is InChI=1S/C24H38O5Si/c1-24(2,3)30(5,6)29-22(10-8-7-9-11-23-27-16-17-28-23)19-26-18-20-12-14-21(25-4)15-13-20/h12-15,22-23H,9-11,16-19H2,1-6H3/t22-/m0/s1. The summed E-state index contributed by atoms with van der Waals surface area (Å²) in [6.07, 6.45) is 2.13. The number of benzene rings is 1. The lowest BCUT2D eigenvalue weighted by Gasteiger charge is -2.39. The SMILES string of the molecule is COc1ccc(COC[C@H](CC#CCCC2OCCO2)O[Si](C)(C)C(C)(C)C)cc1. The van der Waals surface area contributed by atoms with Gasteiger partial charge in [0.25, 0.3) is 0 Å². The first kappa shape index (κ1) is 24.9. The van der Waals surface area contributed by atoms with E-state index >= 15 is 0 Å². The van der Waals surface area contributed by atoms with E-state index in [1.807, 2.05) is 24.3 Å². The van der Waals surface area contributed by atoms with Gasteiger partial charge in [0.2, 0.25) is 0 Å². The molecule has 0 aromatic heterocycles. The fourth-order valence-corrected chi connectivity index (χ4v) is 4.13. The van der Waals surface area contributed by atoms with Gasteiger partial charge in [-0.15, -0.1) is 11.8 Å². The molecule has 1 aromatic carbocycles. The van der Waals surface area contributed by atoms with Crippen molar-refractivity contribution in [2.24, 2.45) is 0 Å². The molecule has 30 heavy (non-hydrogen) atoms. The van der Waals surface area contributed by atoms with E-state index in [4.69, 9.17) is 23.4 Å². The maximum atomic E-state index is 6.60. The van der Waals surface area contributed by atoms with Gasteiger partial charge < -0.3 is 23.4 Å². The van der Waals surface area contributed by atoms with Crippen LogP contribution in [0.4, 0.5) is 0 Å². The molecule has 168 valence electrons. The molecule has 0 N–H and O–H groups in total. The molecule has 0 spiro atoms. The molecule has 1 heterocycles. The van der Waals surface area contributed by atoms with E-state index in [0.717, 1.165) is 24.2 Å². The van der Waals surface area contributed by atoms with Gasteiger partial charge in [0, 0.05) is 19.3 Å². The van der Waals surface area contributed by atoms with Crippen molar-refractivity contribution in [2.75, 3.05) is 26.9 Å². The Morgan fingerprint density at radius 3 is 2.37 bits per heavy atom. The van der Waals surface area contributed by atoms with Gasteiger partial charge in [-0.25, -0.2) is 0 Å². The average molecular weight is 435 g/mol. The minimum absolute atomic E-state index is 0.0318.